The summed E-state index contributed by atoms with van der Waals surface area (Å²) in [6, 6.07) is 5.81. The van der Waals surface area contributed by atoms with Crippen LogP contribution in [0, 0.1) is 0 Å². The van der Waals surface area contributed by atoms with Crippen LogP contribution in [0.5, 0.6) is 0 Å². The Balaban J connectivity index is 2.27. The first-order valence-electron chi connectivity index (χ1n) is 5.92. The summed E-state index contributed by atoms with van der Waals surface area (Å²) in [6.07, 6.45) is 3.78. The van der Waals surface area contributed by atoms with E-state index in [1.54, 1.807) is 13.2 Å². The first-order chi connectivity index (χ1) is 9.19. The lowest BCUT2D eigenvalue weighted by atomic mass is 10.1. The van der Waals surface area contributed by atoms with Crippen LogP contribution >= 0.6 is 0 Å². The Morgan fingerprint density at radius 1 is 1.32 bits per heavy atom. The van der Waals surface area contributed by atoms with Crippen LogP contribution in [-0.2, 0) is 7.05 Å². The molecule has 0 amide bonds. The molecule has 3 heterocycles. The van der Waals surface area contributed by atoms with Gasteiger partial charge in [0.2, 0.25) is 5.95 Å². The standard InChI is InChI=1S/C13H14N6/c1-15-11-6-10(17-13(14)18-11)9-7-19(2)12-8(9)4-3-5-16-12/h3-7H,1-2H3,(H3,14,15,17,18). The Hall–Kier alpha value is -2.63. The fourth-order valence-electron chi connectivity index (χ4n) is 2.15. The third-order valence-corrected chi connectivity index (χ3v) is 3.01. The Bertz CT molecular complexity index is 746. The highest BCUT2D eigenvalue weighted by molar-refractivity contribution is 5.93. The molecule has 0 fully saturated rings. The minimum Gasteiger partial charge on any atom is -0.373 e. The highest BCUT2D eigenvalue weighted by Gasteiger charge is 2.12. The minimum atomic E-state index is 0.253. The molecule has 19 heavy (non-hydrogen) atoms. The number of fused-ring (bicyclic) bond motifs is 1. The number of hydrogen-bond donors (Lipinski definition) is 2. The van der Waals surface area contributed by atoms with Gasteiger partial charge in [0.25, 0.3) is 0 Å². The van der Waals surface area contributed by atoms with E-state index in [-0.39, 0.29) is 5.95 Å². The predicted molar refractivity (Wildman–Crippen MR) is 75.7 cm³/mol. The quantitative estimate of drug-likeness (QED) is 0.726. The average Bonchev–Trinajstić information content (AvgIpc) is 2.76. The average molecular weight is 254 g/mol. The lowest BCUT2D eigenvalue weighted by Crippen LogP contribution is -2.00. The normalized spacial score (nSPS) is 10.8. The number of aryl methyl sites for hydroxylation is 1. The molecule has 0 aliphatic rings. The molecule has 0 spiro atoms. The Morgan fingerprint density at radius 2 is 2.16 bits per heavy atom. The molecule has 0 radical (unpaired) electrons. The summed E-state index contributed by atoms with van der Waals surface area (Å²) in [5, 5.41) is 4.03. The number of nitrogens with zero attached hydrogens (tertiary/aromatic N) is 4. The predicted octanol–water partition coefficient (Wildman–Crippen LogP) is 1.65. The van der Waals surface area contributed by atoms with Crippen LogP contribution < -0.4 is 11.1 Å². The summed E-state index contributed by atoms with van der Waals surface area (Å²) in [5.74, 6) is 0.950. The van der Waals surface area contributed by atoms with Crippen LogP contribution in [-0.4, -0.2) is 26.6 Å². The molecule has 0 saturated carbocycles. The van der Waals surface area contributed by atoms with Crippen molar-refractivity contribution in [1.29, 1.82) is 0 Å². The first kappa shape index (κ1) is 11.5. The van der Waals surface area contributed by atoms with Gasteiger partial charge in [-0.3, -0.25) is 0 Å². The number of pyridine rings is 1. The molecule has 3 aromatic heterocycles. The van der Waals surface area contributed by atoms with Gasteiger partial charge in [-0.1, -0.05) is 0 Å². The van der Waals surface area contributed by atoms with Crippen LogP contribution in [0.15, 0.2) is 30.6 Å². The van der Waals surface area contributed by atoms with E-state index in [1.165, 1.54) is 0 Å². The molecular weight excluding hydrogens is 240 g/mol. The molecular formula is C13H14N6. The molecule has 3 aromatic rings. The maximum absolute atomic E-state index is 5.74. The zero-order valence-corrected chi connectivity index (χ0v) is 10.8. The lowest BCUT2D eigenvalue weighted by molar-refractivity contribution is 0.948. The molecule has 0 aliphatic heterocycles. The molecule has 6 nitrogen and oxygen atoms in total. The van der Waals surface area contributed by atoms with E-state index < -0.39 is 0 Å². The van der Waals surface area contributed by atoms with Crippen LogP contribution in [0.25, 0.3) is 22.3 Å². The topological polar surface area (TPSA) is 81.7 Å². The van der Waals surface area contributed by atoms with E-state index >= 15 is 0 Å². The first-order valence-corrected chi connectivity index (χ1v) is 5.92. The smallest absolute Gasteiger partial charge is 0.222 e. The van der Waals surface area contributed by atoms with Crippen molar-refractivity contribution in [2.24, 2.45) is 7.05 Å². The summed E-state index contributed by atoms with van der Waals surface area (Å²) < 4.78 is 1.97. The number of nitrogens with two attached hydrogens (primary N) is 1. The van der Waals surface area contributed by atoms with Crippen molar-refractivity contribution in [3.8, 4) is 11.3 Å². The van der Waals surface area contributed by atoms with E-state index in [0.29, 0.717) is 5.82 Å². The SMILES string of the molecule is CNc1cc(-c2cn(C)c3ncccc23)nc(N)n1. The van der Waals surface area contributed by atoms with Crippen molar-refractivity contribution in [2.75, 3.05) is 18.1 Å². The van der Waals surface area contributed by atoms with Crippen molar-refractivity contribution < 1.29 is 0 Å². The second-order valence-electron chi connectivity index (χ2n) is 4.27. The zero-order chi connectivity index (χ0) is 13.4. The molecule has 0 saturated heterocycles. The molecule has 3 N–H and O–H groups in total. The number of aromatic nitrogens is 4. The second kappa shape index (κ2) is 4.24. The van der Waals surface area contributed by atoms with E-state index in [2.05, 4.69) is 20.3 Å². The van der Waals surface area contributed by atoms with Crippen molar-refractivity contribution in [3.63, 3.8) is 0 Å². The summed E-state index contributed by atoms with van der Waals surface area (Å²) in [5.41, 5.74) is 8.44. The van der Waals surface area contributed by atoms with E-state index in [9.17, 15) is 0 Å². The zero-order valence-electron chi connectivity index (χ0n) is 10.8. The van der Waals surface area contributed by atoms with Crippen LogP contribution in [0.1, 0.15) is 0 Å². The van der Waals surface area contributed by atoms with Gasteiger partial charge < -0.3 is 15.6 Å². The fourth-order valence-corrected chi connectivity index (χ4v) is 2.15. The van der Waals surface area contributed by atoms with E-state index in [4.69, 9.17) is 5.73 Å². The van der Waals surface area contributed by atoms with Gasteiger partial charge in [-0.2, -0.15) is 4.98 Å². The summed E-state index contributed by atoms with van der Waals surface area (Å²) in [4.78, 5) is 12.8. The molecule has 0 unspecified atom stereocenters. The molecule has 0 bridgehead atoms. The third-order valence-electron chi connectivity index (χ3n) is 3.01. The maximum Gasteiger partial charge on any atom is 0.222 e. The molecule has 6 heteroatoms. The maximum atomic E-state index is 5.74. The fraction of sp³-hybridized carbons (Fsp3) is 0.154. The molecule has 96 valence electrons. The molecule has 3 rings (SSSR count). The molecule has 0 aromatic carbocycles. The van der Waals surface area contributed by atoms with Crippen molar-refractivity contribution in [1.82, 2.24) is 19.5 Å². The van der Waals surface area contributed by atoms with Crippen LogP contribution in [0.3, 0.4) is 0 Å². The highest BCUT2D eigenvalue weighted by atomic mass is 15.1. The monoisotopic (exact) mass is 254 g/mol. The largest absolute Gasteiger partial charge is 0.373 e. The number of nitrogen functional groups attached to an aromatic ring is 1. The highest BCUT2D eigenvalue weighted by Crippen LogP contribution is 2.29. The second-order valence-corrected chi connectivity index (χ2v) is 4.27. The number of nitrogens with one attached hydrogen (secondary N) is 1. The number of rotatable bonds is 2. The van der Waals surface area contributed by atoms with Gasteiger partial charge in [0.15, 0.2) is 0 Å². The van der Waals surface area contributed by atoms with Gasteiger partial charge in [-0.05, 0) is 12.1 Å². The Labute approximate surface area is 110 Å². The van der Waals surface area contributed by atoms with E-state index in [0.717, 1.165) is 22.3 Å². The third kappa shape index (κ3) is 1.87. The Morgan fingerprint density at radius 3 is 2.95 bits per heavy atom. The number of hydrogen-bond acceptors (Lipinski definition) is 5. The van der Waals surface area contributed by atoms with Gasteiger partial charge >= 0.3 is 0 Å². The summed E-state index contributed by atoms with van der Waals surface area (Å²) >= 11 is 0. The van der Waals surface area contributed by atoms with Gasteiger partial charge in [-0.15, -0.1) is 0 Å². The van der Waals surface area contributed by atoms with Crippen LogP contribution in [0.4, 0.5) is 11.8 Å². The van der Waals surface area contributed by atoms with Crippen molar-refractivity contribution >= 4 is 22.8 Å². The van der Waals surface area contributed by atoms with Gasteiger partial charge in [-0.25, -0.2) is 9.97 Å². The van der Waals surface area contributed by atoms with Crippen LogP contribution in [0.2, 0.25) is 0 Å². The van der Waals surface area contributed by atoms with Gasteiger partial charge in [0, 0.05) is 43.5 Å². The summed E-state index contributed by atoms with van der Waals surface area (Å²) in [6.45, 7) is 0. The lowest BCUT2D eigenvalue weighted by Gasteiger charge is -2.04. The minimum absolute atomic E-state index is 0.253. The molecule has 0 atom stereocenters. The Kier molecular flexibility index (Phi) is 2.56. The van der Waals surface area contributed by atoms with Crippen molar-refractivity contribution in [2.45, 2.75) is 0 Å². The van der Waals surface area contributed by atoms with E-state index in [1.807, 2.05) is 36.0 Å². The van der Waals surface area contributed by atoms with Crippen molar-refractivity contribution in [3.05, 3.63) is 30.6 Å². The molecule has 0 aliphatic carbocycles. The number of anilines is 2. The summed E-state index contributed by atoms with van der Waals surface area (Å²) in [7, 11) is 3.76. The van der Waals surface area contributed by atoms with Gasteiger partial charge in [0.05, 0.1) is 5.69 Å². The van der Waals surface area contributed by atoms with Gasteiger partial charge in [0.1, 0.15) is 11.5 Å².